The summed E-state index contributed by atoms with van der Waals surface area (Å²) in [5.74, 6) is 0.132. The first kappa shape index (κ1) is 27.0. The summed E-state index contributed by atoms with van der Waals surface area (Å²) in [6.45, 7) is 4.23. The molecule has 1 atom stereocenters. The van der Waals surface area contributed by atoms with Crippen LogP contribution in [0.3, 0.4) is 0 Å². The molecule has 0 radical (unpaired) electrons. The van der Waals surface area contributed by atoms with Crippen LogP contribution in [-0.4, -0.2) is 92.3 Å². The highest BCUT2D eigenvalue weighted by atomic mass is 32.2. The van der Waals surface area contributed by atoms with Gasteiger partial charge in [-0.05, 0) is 44.6 Å². The number of amides is 1. The van der Waals surface area contributed by atoms with Crippen LogP contribution in [0.5, 0.6) is 0 Å². The fraction of sp³-hybridized carbons (Fsp3) is 0.720. The van der Waals surface area contributed by atoms with Crippen LogP contribution in [0.1, 0.15) is 56.2 Å². The predicted molar refractivity (Wildman–Crippen MR) is 135 cm³/mol. The molecule has 5 rings (SSSR count). The topological polar surface area (TPSA) is 101 Å². The van der Waals surface area contributed by atoms with E-state index in [4.69, 9.17) is 4.98 Å². The molecular weight excluding hydrogens is 521 g/mol. The molecule has 4 fully saturated rings. The minimum atomic E-state index is -4.54. The Kier molecular flexibility index (Phi) is 7.24. The predicted octanol–water partition coefficient (Wildman–Crippen LogP) is 2.68. The van der Waals surface area contributed by atoms with Crippen molar-refractivity contribution in [2.45, 2.75) is 57.2 Å². The number of nitrogens with zero attached hydrogens (tertiary/aromatic N) is 6. The molecule has 0 aromatic carbocycles. The van der Waals surface area contributed by atoms with Gasteiger partial charge in [0.05, 0.1) is 28.7 Å². The maximum absolute atomic E-state index is 12.9. The lowest BCUT2D eigenvalue weighted by molar-refractivity contribution is -0.163. The Morgan fingerprint density at radius 2 is 1.74 bits per heavy atom. The molecule has 2 aliphatic heterocycles. The third-order valence-corrected chi connectivity index (χ3v) is 9.87. The maximum atomic E-state index is 12.9. The molecule has 1 aromatic heterocycles. The highest BCUT2D eigenvalue weighted by Crippen LogP contribution is 2.46. The van der Waals surface area contributed by atoms with Gasteiger partial charge in [-0.3, -0.25) is 4.79 Å². The molecule has 2 saturated carbocycles. The molecule has 1 aromatic rings. The van der Waals surface area contributed by atoms with E-state index in [-0.39, 0.29) is 30.2 Å². The average Bonchev–Trinajstić information content (AvgIpc) is 3.80. The Bertz CT molecular complexity index is 1220. The second kappa shape index (κ2) is 10.2. The van der Waals surface area contributed by atoms with Gasteiger partial charge >= 0.3 is 6.18 Å². The molecule has 1 amide bonds. The number of rotatable bonds is 7. The number of sulfonamides is 1. The van der Waals surface area contributed by atoms with E-state index in [1.54, 1.807) is 6.92 Å². The fourth-order valence-electron chi connectivity index (χ4n) is 5.60. The van der Waals surface area contributed by atoms with Gasteiger partial charge in [0.25, 0.3) is 0 Å². The van der Waals surface area contributed by atoms with Crippen molar-refractivity contribution in [3.8, 4) is 6.07 Å². The summed E-state index contributed by atoms with van der Waals surface area (Å²) in [4.78, 5) is 22.9. The molecule has 0 N–H and O–H groups in total. The van der Waals surface area contributed by atoms with Crippen LogP contribution in [-0.2, 0) is 14.8 Å². The highest BCUT2D eigenvalue weighted by Gasteiger charge is 2.44. The van der Waals surface area contributed by atoms with Crippen LogP contribution in [0, 0.1) is 17.2 Å². The van der Waals surface area contributed by atoms with E-state index < -0.39 is 28.5 Å². The van der Waals surface area contributed by atoms with Gasteiger partial charge in [0.1, 0.15) is 18.3 Å². The van der Waals surface area contributed by atoms with Crippen molar-refractivity contribution in [3.05, 3.63) is 17.3 Å². The molecule has 9 nitrogen and oxygen atoms in total. The van der Waals surface area contributed by atoms with Crippen molar-refractivity contribution in [3.63, 3.8) is 0 Å². The first-order valence-corrected chi connectivity index (χ1v) is 14.9. The first-order valence-electron chi connectivity index (χ1n) is 13.3. The quantitative estimate of drug-likeness (QED) is 0.511. The third-order valence-electron chi connectivity index (χ3n) is 7.99. The van der Waals surface area contributed by atoms with Gasteiger partial charge in [0.2, 0.25) is 15.9 Å². The van der Waals surface area contributed by atoms with Crippen LogP contribution in [0.2, 0.25) is 0 Å². The smallest absolute Gasteiger partial charge is 0.367 e. The molecule has 4 aliphatic rings. The van der Waals surface area contributed by atoms with E-state index in [0.29, 0.717) is 50.6 Å². The number of carbonyl (C=O) groups excluding carboxylic acids is 1. The molecule has 2 aliphatic carbocycles. The third kappa shape index (κ3) is 5.71. The monoisotopic (exact) mass is 554 g/mol. The lowest BCUT2D eigenvalue weighted by atomic mass is 10.0. The summed E-state index contributed by atoms with van der Waals surface area (Å²) in [6, 6.07) is 3.77. The van der Waals surface area contributed by atoms with Crippen molar-refractivity contribution in [2.75, 3.05) is 61.4 Å². The molecule has 0 bridgehead atoms. The first-order chi connectivity index (χ1) is 18.0. The van der Waals surface area contributed by atoms with Crippen LogP contribution < -0.4 is 9.80 Å². The normalized spacial score (nSPS) is 23.4. The molecule has 13 heteroatoms. The maximum Gasteiger partial charge on any atom is 0.397 e. The average molecular weight is 555 g/mol. The van der Waals surface area contributed by atoms with Crippen molar-refractivity contribution < 1.29 is 26.4 Å². The number of piperazine rings is 2. The molecule has 0 spiro atoms. The van der Waals surface area contributed by atoms with E-state index in [2.05, 4.69) is 11.0 Å². The zero-order valence-electron chi connectivity index (χ0n) is 21.5. The molecular formula is C25H33F3N6O3S. The zero-order chi connectivity index (χ0) is 27.2. The van der Waals surface area contributed by atoms with Gasteiger partial charge < -0.3 is 14.7 Å². The zero-order valence-corrected chi connectivity index (χ0v) is 22.3. The molecule has 1 unspecified atom stereocenters. The summed E-state index contributed by atoms with van der Waals surface area (Å²) >= 11 is 0. The summed E-state index contributed by atoms with van der Waals surface area (Å²) < 4.78 is 64.8. The van der Waals surface area contributed by atoms with Crippen LogP contribution >= 0.6 is 0 Å². The van der Waals surface area contributed by atoms with Gasteiger partial charge in [-0.25, -0.2) is 13.4 Å². The SMILES string of the molecule is CCS(=O)(=O)N1CCN(c2cc(C#N)c(N3CCN(C(=O)CC(F)(F)F)C(C4CC4)C3)nc2C2CC2)CC1. The Morgan fingerprint density at radius 1 is 1.08 bits per heavy atom. The van der Waals surface area contributed by atoms with Crippen molar-refractivity contribution in [2.24, 2.45) is 5.92 Å². The van der Waals surface area contributed by atoms with E-state index in [1.165, 1.54) is 9.21 Å². The molecule has 208 valence electrons. The number of carbonyl (C=O) groups is 1. The van der Waals surface area contributed by atoms with Gasteiger partial charge in [-0.2, -0.15) is 22.7 Å². The van der Waals surface area contributed by atoms with E-state index in [0.717, 1.165) is 37.1 Å². The van der Waals surface area contributed by atoms with E-state index in [1.807, 2.05) is 11.0 Å². The number of halogens is 3. The van der Waals surface area contributed by atoms with Crippen molar-refractivity contribution in [1.29, 1.82) is 5.26 Å². The lowest BCUT2D eigenvalue weighted by Gasteiger charge is -2.43. The minimum Gasteiger partial charge on any atom is -0.367 e. The number of aromatic nitrogens is 1. The van der Waals surface area contributed by atoms with Gasteiger partial charge in [-0.15, -0.1) is 0 Å². The van der Waals surface area contributed by atoms with Gasteiger partial charge in [-0.1, -0.05) is 0 Å². The second-order valence-corrected chi connectivity index (χ2v) is 12.9. The summed E-state index contributed by atoms with van der Waals surface area (Å²) in [5.41, 5.74) is 2.14. The summed E-state index contributed by atoms with van der Waals surface area (Å²) in [6.07, 6.45) is -2.28. The number of pyridine rings is 1. The van der Waals surface area contributed by atoms with Crippen LogP contribution in [0.15, 0.2) is 6.07 Å². The molecule has 3 heterocycles. The fourth-order valence-corrected chi connectivity index (χ4v) is 6.68. The van der Waals surface area contributed by atoms with E-state index in [9.17, 15) is 31.6 Å². The number of anilines is 2. The lowest BCUT2D eigenvalue weighted by Crippen LogP contribution is -2.57. The number of alkyl halides is 3. The Morgan fingerprint density at radius 3 is 2.29 bits per heavy atom. The molecule has 2 saturated heterocycles. The number of nitriles is 1. The second-order valence-electron chi connectivity index (χ2n) is 10.7. The van der Waals surface area contributed by atoms with E-state index >= 15 is 0 Å². The van der Waals surface area contributed by atoms with Crippen LogP contribution in [0.4, 0.5) is 24.7 Å². The number of hydrogen-bond donors (Lipinski definition) is 0. The summed E-state index contributed by atoms with van der Waals surface area (Å²) in [7, 11) is -3.26. The van der Waals surface area contributed by atoms with Gasteiger partial charge in [0.15, 0.2) is 0 Å². The summed E-state index contributed by atoms with van der Waals surface area (Å²) in [5, 5.41) is 10.0. The number of hydrogen-bond acceptors (Lipinski definition) is 7. The molecule has 38 heavy (non-hydrogen) atoms. The van der Waals surface area contributed by atoms with Crippen molar-refractivity contribution in [1.82, 2.24) is 14.2 Å². The largest absolute Gasteiger partial charge is 0.397 e. The Labute approximate surface area is 221 Å². The van der Waals surface area contributed by atoms with Crippen molar-refractivity contribution >= 4 is 27.4 Å². The van der Waals surface area contributed by atoms with Crippen LogP contribution in [0.25, 0.3) is 0 Å². The Balaban J connectivity index is 1.38. The Hall–Kier alpha value is -2.59. The minimum absolute atomic E-state index is 0.0616. The standard InChI is InChI=1S/C25H33F3N6O3S/c1-2-38(36,37)33-10-7-31(8-11-33)20-13-19(15-29)24(30-23(20)18-5-6-18)32-9-12-34(21(16-32)17-3-4-17)22(35)14-25(26,27)28/h13,17-18,21H,2-12,14,16H2,1H3. The highest BCUT2D eigenvalue weighted by molar-refractivity contribution is 7.89. The van der Waals surface area contributed by atoms with Gasteiger partial charge in [0, 0.05) is 51.7 Å².